The van der Waals surface area contributed by atoms with Gasteiger partial charge in [-0.25, -0.2) is 9.83 Å². The summed E-state index contributed by atoms with van der Waals surface area (Å²) in [7, 11) is 3.54. The molecule has 2 aromatic carbocycles. The molecule has 1 aliphatic carbocycles. The molecule has 0 saturated heterocycles. The molecule has 6 rings (SSSR count). The van der Waals surface area contributed by atoms with Crippen molar-refractivity contribution in [3.8, 4) is 22.5 Å². The van der Waals surface area contributed by atoms with Gasteiger partial charge in [0, 0.05) is 36.9 Å². The lowest BCUT2D eigenvalue weighted by Crippen LogP contribution is -2.24. The Morgan fingerprint density at radius 1 is 1.10 bits per heavy atom. The summed E-state index contributed by atoms with van der Waals surface area (Å²) in [6.07, 6.45) is 3.78. The molecule has 1 aliphatic heterocycles. The normalized spacial score (nSPS) is 15.2. The number of anilines is 1. The molecule has 0 spiro atoms. The van der Waals surface area contributed by atoms with Gasteiger partial charge < -0.3 is 14.0 Å². The summed E-state index contributed by atoms with van der Waals surface area (Å²) in [5, 5.41) is 8.37. The van der Waals surface area contributed by atoms with Crippen molar-refractivity contribution in [3.63, 3.8) is 0 Å². The van der Waals surface area contributed by atoms with E-state index in [9.17, 15) is 4.79 Å². The molecular weight excluding hydrogens is 504 g/mol. The fourth-order valence-electron chi connectivity index (χ4n) is 5.13. The number of pyridine rings is 1. The Morgan fingerprint density at radius 3 is 2.67 bits per heavy atom. The van der Waals surface area contributed by atoms with Crippen molar-refractivity contribution in [2.45, 2.75) is 44.9 Å². The zero-order valence-electron chi connectivity index (χ0n) is 22.8. The highest BCUT2D eigenvalue weighted by atomic mass is 16.5. The summed E-state index contributed by atoms with van der Waals surface area (Å²) in [4.78, 5) is 24.0. The van der Waals surface area contributed by atoms with Crippen LogP contribution in [0, 0.1) is 6.57 Å². The van der Waals surface area contributed by atoms with Crippen LogP contribution in [0.5, 0.6) is 0 Å². The van der Waals surface area contributed by atoms with Crippen LogP contribution in [0.3, 0.4) is 0 Å². The van der Waals surface area contributed by atoms with Gasteiger partial charge in [-0.3, -0.25) is 9.69 Å². The maximum Gasteiger partial charge on any atom is 0.260 e. The van der Waals surface area contributed by atoms with E-state index >= 15 is 0 Å². The number of methoxy groups -OCH3 is 1. The number of aromatic nitrogens is 4. The number of ether oxygens (including phenoxy) is 2. The van der Waals surface area contributed by atoms with Crippen molar-refractivity contribution < 1.29 is 14.3 Å². The van der Waals surface area contributed by atoms with Crippen LogP contribution in [0.1, 0.15) is 52.9 Å². The van der Waals surface area contributed by atoms with Crippen LogP contribution >= 0.6 is 0 Å². The Morgan fingerprint density at radius 2 is 1.95 bits per heavy atom. The first kappa shape index (κ1) is 25.9. The van der Waals surface area contributed by atoms with Crippen LogP contribution < -0.4 is 4.90 Å². The van der Waals surface area contributed by atoms with E-state index < -0.39 is 0 Å². The van der Waals surface area contributed by atoms with Gasteiger partial charge in [0.05, 0.1) is 32.4 Å². The number of fused-ring (bicyclic) bond motifs is 1. The van der Waals surface area contributed by atoms with Crippen LogP contribution in [0.25, 0.3) is 27.4 Å². The van der Waals surface area contributed by atoms with Crippen LogP contribution in [-0.4, -0.2) is 45.5 Å². The highest BCUT2D eigenvalue weighted by Crippen LogP contribution is 2.43. The molecule has 0 bridgehead atoms. The van der Waals surface area contributed by atoms with E-state index in [1.54, 1.807) is 18.3 Å². The van der Waals surface area contributed by atoms with Crippen molar-refractivity contribution in [3.05, 3.63) is 88.7 Å². The van der Waals surface area contributed by atoms with Crippen LogP contribution in [-0.2, 0) is 29.7 Å². The minimum Gasteiger partial charge on any atom is -0.382 e. The third kappa shape index (κ3) is 4.99. The number of hydrogen-bond acceptors (Lipinski definition) is 6. The Bertz CT molecular complexity index is 1630. The van der Waals surface area contributed by atoms with E-state index in [1.165, 1.54) is 0 Å². The number of benzene rings is 2. The Balaban J connectivity index is 1.36. The first-order chi connectivity index (χ1) is 19.4. The predicted molar refractivity (Wildman–Crippen MR) is 151 cm³/mol. The molecule has 4 aromatic rings. The molecular formula is C31H30N6O3. The second-order valence-corrected chi connectivity index (χ2v) is 10.5. The lowest BCUT2D eigenvalue weighted by molar-refractivity contribution is -0.000136. The zero-order chi connectivity index (χ0) is 27.8. The van der Waals surface area contributed by atoms with Crippen LogP contribution in [0.2, 0.25) is 0 Å². The Hall–Kier alpha value is -4.39. The third-order valence-electron chi connectivity index (χ3n) is 7.41. The summed E-state index contributed by atoms with van der Waals surface area (Å²) < 4.78 is 12.9. The summed E-state index contributed by atoms with van der Waals surface area (Å²) >= 11 is 0. The fraction of sp³-hybridized carbons (Fsp3) is 0.323. The highest BCUT2D eigenvalue weighted by molar-refractivity contribution is 6.10. The molecule has 1 amide bonds. The number of carbonyl (C=O) groups is 1. The van der Waals surface area contributed by atoms with Crippen LogP contribution in [0.15, 0.2) is 54.9 Å². The molecule has 1 atom stereocenters. The Kier molecular flexibility index (Phi) is 6.88. The largest absolute Gasteiger partial charge is 0.382 e. The summed E-state index contributed by atoms with van der Waals surface area (Å²) in [5.41, 5.74) is 6.79. The molecule has 0 unspecified atom stereocenters. The monoisotopic (exact) mass is 534 g/mol. The smallest absolute Gasteiger partial charge is 0.260 e. The van der Waals surface area contributed by atoms with Crippen molar-refractivity contribution >= 4 is 17.4 Å². The molecule has 1 fully saturated rings. The molecule has 9 nitrogen and oxygen atoms in total. The minimum atomic E-state index is -0.0648. The molecule has 0 radical (unpaired) electrons. The molecule has 3 heterocycles. The first-order valence-corrected chi connectivity index (χ1v) is 13.4. The lowest BCUT2D eigenvalue weighted by Gasteiger charge is -2.18. The van der Waals surface area contributed by atoms with Gasteiger partial charge in [0.1, 0.15) is 12.1 Å². The van der Waals surface area contributed by atoms with Gasteiger partial charge in [-0.2, -0.15) is 0 Å². The quantitative estimate of drug-likeness (QED) is 0.257. The summed E-state index contributed by atoms with van der Waals surface area (Å²) in [6, 6.07) is 15.6. The molecule has 2 aromatic heterocycles. The number of rotatable bonds is 9. The zero-order valence-corrected chi connectivity index (χ0v) is 22.8. The van der Waals surface area contributed by atoms with E-state index in [4.69, 9.17) is 21.0 Å². The standard InChI is InChI=1S/C31H30N6O3/c1-19(16-39-4)40-17-20-5-6-22-15-37(31(38)26(22)11-20)29-13-23(12-28(34-29)21-7-8-21)25-10-9-24(32-2)14-27(25)30-35-33-18-36(30)3/h5-6,9-14,18-19,21H,7-8,15-17H2,1,3-4H3/t19-/m0/s1. The van der Waals surface area contributed by atoms with Gasteiger partial charge >= 0.3 is 0 Å². The van der Waals surface area contributed by atoms with Gasteiger partial charge in [-0.15, -0.1) is 10.2 Å². The van der Waals surface area contributed by atoms with Gasteiger partial charge in [-0.1, -0.05) is 24.3 Å². The van der Waals surface area contributed by atoms with E-state index in [0.29, 0.717) is 48.6 Å². The fourth-order valence-corrected chi connectivity index (χ4v) is 5.13. The molecule has 9 heteroatoms. The van der Waals surface area contributed by atoms with Crippen molar-refractivity contribution in [2.24, 2.45) is 7.05 Å². The van der Waals surface area contributed by atoms with Gasteiger partial charge in [0.15, 0.2) is 11.5 Å². The average Bonchev–Trinajstić information content (AvgIpc) is 3.66. The summed E-state index contributed by atoms with van der Waals surface area (Å²) in [6.45, 7) is 10.9. The second-order valence-electron chi connectivity index (χ2n) is 10.5. The predicted octanol–water partition coefficient (Wildman–Crippen LogP) is 5.68. The number of nitrogens with zero attached hydrogens (tertiary/aromatic N) is 6. The maximum atomic E-state index is 13.7. The first-order valence-electron chi connectivity index (χ1n) is 13.4. The van der Waals surface area contributed by atoms with Gasteiger partial charge in [0.25, 0.3) is 5.91 Å². The topological polar surface area (TPSA) is 86.7 Å². The number of carbonyl (C=O) groups excluding carboxylic acids is 1. The SMILES string of the molecule is [C-]#[N+]c1ccc(-c2cc(C3CC3)nc(N3Cc4ccc(CO[C@@H](C)COC)cc4C3=O)c2)c(-c2nncn2C)c1. The van der Waals surface area contributed by atoms with E-state index in [2.05, 4.69) is 21.1 Å². The molecule has 2 aliphatic rings. The summed E-state index contributed by atoms with van der Waals surface area (Å²) in [5.74, 6) is 1.62. The second kappa shape index (κ2) is 10.6. The minimum absolute atomic E-state index is 0.0338. The number of aryl methyl sites for hydroxylation is 1. The van der Waals surface area contributed by atoms with Gasteiger partial charge in [0.2, 0.25) is 0 Å². The number of amides is 1. The van der Waals surface area contributed by atoms with Crippen molar-refractivity contribution in [1.29, 1.82) is 0 Å². The third-order valence-corrected chi connectivity index (χ3v) is 7.41. The van der Waals surface area contributed by atoms with Crippen molar-refractivity contribution in [1.82, 2.24) is 19.7 Å². The molecule has 1 saturated carbocycles. The molecule has 0 N–H and O–H groups in total. The van der Waals surface area contributed by atoms with E-state index in [0.717, 1.165) is 46.4 Å². The maximum absolute atomic E-state index is 13.7. The Labute approximate surface area is 233 Å². The van der Waals surface area contributed by atoms with Gasteiger partial charge in [-0.05, 0) is 66.3 Å². The highest BCUT2D eigenvalue weighted by Gasteiger charge is 2.32. The number of hydrogen-bond donors (Lipinski definition) is 0. The lowest BCUT2D eigenvalue weighted by atomic mass is 9.97. The molecule has 40 heavy (non-hydrogen) atoms. The van der Waals surface area contributed by atoms with Crippen LogP contribution in [0.4, 0.5) is 11.5 Å². The van der Waals surface area contributed by atoms with E-state index in [1.807, 2.05) is 61.0 Å². The van der Waals surface area contributed by atoms with E-state index in [-0.39, 0.29) is 12.0 Å². The average molecular weight is 535 g/mol. The molecule has 202 valence electrons. The van der Waals surface area contributed by atoms with Crippen molar-refractivity contribution in [2.75, 3.05) is 18.6 Å².